The number of rotatable bonds is 6. The molecule has 2 aromatic carbocycles. The SMILES string of the molecule is CCCCN(C)C(=O)C(=O)N(Cc1ccccc1)c1ccccc1. The number of likely N-dealkylation sites (N-methyl/N-ethyl adjacent to an activating group) is 1. The molecule has 0 bridgehead atoms. The fraction of sp³-hybridized carbons (Fsp3) is 0.300. The van der Waals surface area contributed by atoms with Gasteiger partial charge in [-0.25, -0.2) is 0 Å². The van der Waals surface area contributed by atoms with Gasteiger partial charge in [0.15, 0.2) is 0 Å². The van der Waals surface area contributed by atoms with Gasteiger partial charge in [-0.1, -0.05) is 61.9 Å². The molecule has 0 atom stereocenters. The Morgan fingerprint density at radius 1 is 0.875 bits per heavy atom. The zero-order valence-electron chi connectivity index (χ0n) is 14.3. The molecule has 2 rings (SSSR count). The van der Waals surface area contributed by atoms with Crippen molar-refractivity contribution >= 4 is 17.5 Å². The summed E-state index contributed by atoms with van der Waals surface area (Å²) in [7, 11) is 1.68. The highest BCUT2D eigenvalue weighted by molar-refractivity contribution is 6.40. The molecule has 0 spiro atoms. The van der Waals surface area contributed by atoms with Gasteiger partial charge in [0.2, 0.25) is 0 Å². The third kappa shape index (κ3) is 4.69. The summed E-state index contributed by atoms with van der Waals surface area (Å²) in [6, 6.07) is 19.0. The highest BCUT2D eigenvalue weighted by Crippen LogP contribution is 2.18. The molecule has 0 aliphatic carbocycles. The van der Waals surface area contributed by atoms with Crippen LogP contribution in [0.15, 0.2) is 60.7 Å². The zero-order valence-corrected chi connectivity index (χ0v) is 14.3. The normalized spacial score (nSPS) is 10.2. The van der Waals surface area contributed by atoms with Crippen molar-refractivity contribution in [2.24, 2.45) is 0 Å². The van der Waals surface area contributed by atoms with Gasteiger partial charge in [0.05, 0.1) is 6.54 Å². The maximum atomic E-state index is 12.8. The Hall–Kier alpha value is -2.62. The van der Waals surface area contributed by atoms with Gasteiger partial charge in [0.25, 0.3) is 0 Å². The second kappa shape index (κ2) is 8.87. The lowest BCUT2D eigenvalue weighted by atomic mass is 10.2. The van der Waals surface area contributed by atoms with Crippen LogP contribution in [0, 0.1) is 0 Å². The molecule has 0 radical (unpaired) electrons. The number of amides is 2. The van der Waals surface area contributed by atoms with Crippen LogP contribution in [0.25, 0.3) is 0 Å². The minimum absolute atomic E-state index is 0.372. The van der Waals surface area contributed by atoms with Crippen molar-refractivity contribution < 1.29 is 9.59 Å². The van der Waals surface area contributed by atoms with E-state index in [4.69, 9.17) is 0 Å². The van der Waals surface area contributed by atoms with Crippen LogP contribution in [-0.4, -0.2) is 30.3 Å². The first-order valence-corrected chi connectivity index (χ1v) is 8.29. The van der Waals surface area contributed by atoms with Crippen molar-refractivity contribution in [2.75, 3.05) is 18.5 Å². The summed E-state index contributed by atoms with van der Waals surface area (Å²) in [5.41, 5.74) is 1.71. The molecule has 0 fully saturated rings. The maximum Gasteiger partial charge on any atom is 0.316 e. The number of nitrogens with zero attached hydrogens (tertiary/aromatic N) is 2. The van der Waals surface area contributed by atoms with Crippen molar-refractivity contribution in [3.8, 4) is 0 Å². The Morgan fingerprint density at radius 3 is 2.04 bits per heavy atom. The summed E-state index contributed by atoms with van der Waals surface area (Å²) in [6.45, 7) is 3.03. The van der Waals surface area contributed by atoms with Crippen LogP contribution in [0.3, 0.4) is 0 Å². The van der Waals surface area contributed by atoms with E-state index in [9.17, 15) is 9.59 Å². The van der Waals surface area contributed by atoms with Crippen molar-refractivity contribution in [1.82, 2.24) is 4.90 Å². The summed E-state index contributed by atoms with van der Waals surface area (Å²) < 4.78 is 0. The number of hydrogen-bond acceptors (Lipinski definition) is 2. The number of hydrogen-bond donors (Lipinski definition) is 0. The van der Waals surface area contributed by atoms with E-state index in [0.717, 1.165) is 24.1 Å². The van der Waals surface area contributed by atoms with Gasteiger partial charge < -0.3 is 4.90 Å². The molecule has 0 aliphatic heterocycles. The average Bonchev–Trinajstić information content (AvgIpc) is 2.64. The van der Waals surface area contributed by atoms with E-state index in [0.29, 0.717) is 13.1 Å². The Kier molecular flexibility index (Phi) is 6.55. The van der Waals surface area contributed by atoms with Crippen molar-refractivity contribution in [2.45, 2.75) is 26.3 Å². The summed E-state index contributed by atoms with van der Waals surface area (Å²) in [6.07, 6.45) is 1.87. The lowest BCUT2D eigenvalue weighted by Gasteiger charge is -2.25. The molecular formula is C20H24N2O2. The number of anilines is 1. The molecule has 126 valence electrons. The van der Waals surface area contributed by atoms with E-state index >= 15 is 0 Å². The molecule has 0 saturated carbocycles. The average molecular weight is 324 g/mol. The van der Waals surface area contributed by atoms with Crippen LogP contribution < -0.4 is 4.90 Å². The van der Waals surface area contributed by atoms with Crippen LogP contribution in [0.1, 0.15) is 25.3 Å². The van der Waals surface area contributed by atoms with E-state index in [-0.39, 0.29) is 0 Å². The minimum atomic E-state index is -0.497. The maximum absolute atomic E-state index is 12.8. The predicted octanol–water partition coefficient (Wildman–Crippen LogP) is 3.48. The van der Waals surface area contributed by atoms with E-state index in [2.05, 4.69) is 6.92 Å². The summed E-state index contributed by atoms with van der Waals surface area (Å²) in [5, 5.41) is 0. The van der Waals surface area contributed by atoms with Gasteiger partial charge in [0, 0.05) is 19.3 Å². The standard InChI is InChI=1S/C20H24N2O2/c1-3-4-15-21(2)19(23)20(24)22(18-13-9-6-10-14-18)16-17-11-7-5-8-12-17/h5-14H,3-4,15-16H2,1-2H3. The third-order valence-electron chi connectivity index (χ3n) is 3.87. The lowest BCUT2D eigenvalue weighted by Crippen LogP contribution is -2.44. The van der Waals surface area contributed by atoms with Gasteiger partial charge >= 0.3 is 11.8 Å². The molecule has 24 heavy (non-hydrogen) atoms. The van der Waals surface area contributed by atoms with Crippen LogP contribution in [-0.2, 0) is 16.1 Å². The van der Waals surface area contributed by atoms with Crippen LogP contribution in [0.5, 0.6) is 0 Å². The molecule has 4 nitrogen and oxygen atoms in total. The van der Waals surface area contributed by atoms with Crippen molar-refractivity contribution in [3.63, 3.8) is 0 Å². The van der Waals surface area contributed by atoms with Crippen molar-refractivity contribution in [1.29, 1.82) is 0 Å². The van der Waals surface area contributed by atoms with E-state index in [1.807, 2.05) is 60.7 Å². The highest BCUT2D eigenvalue weighted by Gasteiger charge is 2.26. The van der Waals surface area contributed by atoms with Crippen LogP contribution >= 0.6 is 0 Å². The monoisotopic (exact) mass is 324 g/mol. The van der Waals surface area contributed by atoms with Gasteiger partial charge in [-0.3, -0.25) is 14.5 Å². The minimum Gasteiger partial charge on any atom is -0.337 e. The second-order valence-corrected chi connectivity index (χ2v) is 5.79. The first-order chi connectivity index (χ1) is 11.6. The van der Waals surface area contributed by atoms with E-state index in [1.54, 1.807) is 11.9 Å². The van der Waals surface area contributed by atoms with Gasteiger partial charge in [0.1, 0.15) is 0 Å². The number of carbonyl (C=O) groups excluding carboxylic acids is 2. The molecule has 0 unspecified atom stereocenters. The second-order valence-electron chi connectivity index (χ2n) is 5.79. The molecule has 0 aromatic heterocycles. The summed E-state index contributed by atoms with van der Waals surface area (Å²) in [4.78, 5) is 28.3. The quantitative estimate of drug-likeness (QED) is 0.763. The largest absolute Gasteiger partial charge is 0.337 e. The predicted molar refractivity (Wildman–Crippen MR) is 96.6 cm³/mol. The molecular weight excluding hydrogens is 300 g/mol. The van der Waals surface area contributed by atoms with Crippen molar-refractivity contribution in [3.05, 3.63) is 66.2 Å². The molecule has 2 aromatic rings. The van der Waals surface area contributed by atoms with Gasteiger partial charge in [-0.15, -0.1) is 0 Å². The summed E-state index contributed by atoms with van der Waals surface area (Å²) >= 11 is 0. The van der Waals surface area contributed by atoms with E-state index < -0.39 is 11.8 Å². The molecule has 0 aliphatic rings. The van der Waals surface area contributed by atoms with Gasteiger partial charge in [-0.05, 0) is 24.1 Å². The molecule has 0 N–H and O–H groups in total. The number of benzene rings is 2. The molecule has 0 saturated heterocycles. The zero-order chi connectivity index (χ0) is 17.4. The summed E-state index contributed by atoms with van der Waals surface area (Å²) in [5.74, 6) is -0.966. The van der Waals surface area contributed by atoms with E-state index in [1.165, 1.54) is 4.90 Å². The highest BCUT2D eigenvalue weighted by atomic mass is 16.2. The number of para-hydroxylation sites is 1. The smallest absolute Gasteiger partial charge is 0.316 e. The Bertz CT molecular complexity index is 656. The Labute approximate surface area is 143 Å². The lowest BCUT2D eigenvalue weighted by molar-refractivity contribution is -0.143. The third-order valence-corrected chi connectivity index (χ3v) is 3.87. The number of unbranched alkanes of at least 4 members (excludes halogenated alkanes) is 1. The Balaban J connectivity index is 2.22. The Morgan fingerprint density at radius 2 is 1.46 bits per heavy atom. The molecule has 0 heterocycles. The van der Waals surface area contributed by atoms with Crippen LogP contribution in [0.4, 0.5) is 5.69 Å². The van der Waals surface area contributed by atoms with Gasteiger partial charge in [-0.2, -0.15) is 0 Å². The first-order valence-electron chi connectivity index (χ1n) is 8.29. The fourth-order valence-electron chi connectivity index (χ4n) is 2.43. The molecule has 2 amide bonds. The first kappa shape index (κ1) is 17.7. The number of carbonyl (C=O) groups is 2. The molecule has 4 heteroatoms. The van der Waals surface area contributed by atoms with Crippen LogP contribution in [0.2, 0.25) is 0 Å². The topological polar surface area (TPSA) is 40.6 Å². The fourth-order valence-corrected chi connectivity index (χ4v) is 2.43.